The van der Waals surface area contributed by atoms with Crippen molar-refractivity contribution < 1.29 is 0 Å². The highest BCUT2D eigenvalue weighted by Gasteiger charge is 2.08. The third-order valence-corrected chi connectivity index (χ3v) is 4.48. The van der Waals surface area contributed by atoms with Crippen LogP contribution in [0.25, 0.3) is 33.0 Å². The molecule has 0 N–H and O–H groups in total. The van der Waals surface area contributed by atoms with E-state index >= 15 is 0 Å². The van der Waals surface area contributed by atoms with E-state index in [9.17, 15) is 0 Å². The Morgan fingerprint density at radius 2 is 1.13 bits per heavy atom. The van der Waals surface area contributed by atoms with E-state index in [0.29, 0.717) is 0 Å². The average molecular weight is 294 g/mol. The van der Waals surface area contributed by atoms with Crippen LogP contribution in [0.4, 0.5) is 0 Å². The van der Waals surface area contributed by atoms with Crippen LogP contribution in [0, 0.1) is 6.92 Å². The van der Waals surface area contributed by atoms with Gasteiger partial charge in [-0.3, -0.25) is 0 Å². The molecule has 0 atom stereocenters. The van der Waals surface area contributed by atoms with Gasteiger partial charge in [-0.15, -0.1) is 0 Å². The summed E-state index contributed by atoms with van der Waals surface area (Å²) in [6.07, 6.45) is 0. The summed E-state index contributed by atoms with van der Waals surface area (Å²) in [4.78, 5) is 0. The second-order valence-corrected chi connectivity index (χ2v) is 5.91. The lowest BCUT2D eigenvalue weighted by Crippen LogP contribution is -1.88. The molecule has 0 aliphatic heterocycles. The van der Waals surface area contributed by atoms with Crippen LogP contribution in [0.5, 0.6) is 0 Å². The van der Waals surface area contributed by atoms with E-state index in [0.717, 1.165) is 0 Å². The quantitative estimate of drug-likeness (QED) is 0.397. The van der Waals surface area contributed by atoms with Crippen molar-refractivity contribution in [1.29, 1.82) is 0 Å². The SMILES string of the molecule is Cc1c(-c2ccccc2)cccc1-c1ccc2ccccc2c1. The van der Waals surface area contributed by atoms with Gasteiger partial charge in [-0.1, -0.05) is 84.9 Å². The molecule has 0 aliphatic rings. The third kappa shape index (κ3) is 2.53. The van der Waals surface area contributed by atoms with E-state index in [1.165, 1.54) is 38.6 Å². The normalized spacial score (nSPS) is 10.8. The molecule has 0 radical (unpaired) electrons. The van der Waals surface area contributed by atoms with E-state index in [1.807, 2.05) is 0 Å². The molecule has 0 aliphatic carbocycles. The highest BCUT2D eigenvalue weighted by atomic mass is 14.1. The molecular weight excluding hydrogens is 276 g/mol. The summed E-state index contributed by atoms with van der Waals surface area (Å²) in [6, 6.07) is 32.4. The zero-order chi connectivity index (χ0) is 15.6. The lowest BCUT2D eigenvalue weighted by molar-refractivity contribution is 1.45. The topological polar surface area (TPSA) is 0 Å². The Hall–Kier alpha value is -2.86. The van der Waals surface area contributed by atoms with Gasteiger partial charge in [0.05, 0.1) is 0 Å². The molecule has 0 nitrogen and oxygen atoms in total. The lowest BCUT2D eigenvalue weighted by atomic mass is 9.92. The molecule has 0 aromatic heterocycles. The van der Waals surface area contributed by atoms with Crippen LogP contribution >= 0.6 is 0 Å². The molecule has 0 fully saturated rings. The fraction of sp³-hybridized carbons (Fsp3) is 0.0435. The molecule has 0 spiro atoms. The van der Waals surface area contributed by atoms with Gasteiger partial charge in [0.1, 0.15) is 0 Å². The maximum absolute atomic E-state index is 2.28. The molecule has 0 unspecified atom stereocenters. The Morgan fingerprint density at radius 3 is 1.91 bits per heavy atom. The molecule has 0 heterocycles. The van der Waals surface area contributed by atoms with Crippen LogP contribution in [0.1, 0.15) is 5.56 Å². The van der Waals surface area contributed by atoms with Gasteiger partial charge < -0.3 is 0 Å². The van der Waals surface area contributed by atoms with E-state index in [1.54, 1.807) is 0 Å². The second-order valence-electron chi connectivity index (χ2n) is 5.91. The van der Waals surface area contributed by atoms with Crippen LogP contribution in [0.15, 0.2) is 91.0 Å². The van der Waals surface area contributed by atoms with Gasteiger partial charge in [0.25, 0.3) is 0 Å². The predicted molar refractivity (Wildman–Crippen MR) is 99.6 cm³/mol. The summed E-state index contributed by atoms with van der Waals surface area (Å²) in [5, 5.41) is 2.57. The zero-order valence-electron chi connectivity index (χ0n) is 13.2. The molecule has 0 amide bonds. The zero-order valence-corrected chi connectivity index (χ0v) is 13.2. The summed E-state index contributed by atoms with van der Waals surface area (Å²) in [5.74, 6) is 0. The minimum absolute atomic E-state index is 1.27. The van der Waals surface area contributed by atoms with Crippen LogP contribution in [0.3, 0.4) is 0 Å². The Morgan fingerprint density at radius 1 is 0.478 bits per heavy atom. The first-order chi connectivity index (χ1) is 11.3. The first-order valence-corrected chi connectivity index (χ1v) is 7.97. The molecular formula is C23H18. The number of hydrogen-bond acceptors (Lipinski definition) is 0. The van der Waals surface area contributed by atoms with Crippen molar-refractivity contribution in [2.75, 3.05) is 0 Å². The summed E-state index contributed by atoms with van der Waals surface area (Å²) >= 11 is 0. The van der Waals surface area contributed by atoms with Crippen LogP contribution in [-0.4, -0.2) is 0 Å². The van der Waals surface area contributed by atoms with Crippen molar-refractivity contribution in [3.63, 3.8) is 0 Å². The van der Waals surface area contributed by atoms with Gasteiger partial charge in [-0.2, -0.15) is 0 Å². The second kappa shape index (κ2) is 5.73. The molecule has 0 heteroatoms. The van der Waals surface area contributed by atoms with Gasteiger partial charge in [0, 0.05) is 0 Å². The highest BCUT2D eigenvalue weighted by Crippen LogP contribution is 2.33. The molecule has 0 saturated carbocycles. The van der Waals surface area contributed by atoms with Crippen LogP contribution in [-0.2, 0) is 0 Å². The minimum Gasteiger partial charge on any atom is -0.0622 e. The third-order valence-electron chi connectivity index (χ3n) is 4.48. The number of fused-ring (bicyclic) bond motifs is 1. The standard InChI is InChI=1S/C23H18/c1-17-22(19-9-3-2-4-10-19)12-7-13-23(17)21-15-14-18-8-5-6-11-20(18)16-21/h2-16H,1H3. The lowest BCUT2D eigenvalue weighted by Gasteiger charge is -2.12. The molecule has 23 heavy (non-hydrogen) atoms. The van der Waals surface area contributed by atoms with Gasteiger partial charge in [-0.05, 0) is 51.6 Å². The maximum atomic E-state index is 2.28. The van der Waals surface area contributed by atoms with Crippen LogP contribution in [0.2, 0.25) is 0 Å². The monoisotopic (exact) mass is 294 g/mol. The van der Waals surface area contributed by atoms with E-state index in [-0.39, 0.29) is 0 Å². The number of benzene rings is 4. The Labute approximate surface area is 137 Å². The number of rotatable bonds is 2. The molecule has 0 saturated heterocycles. The van der Waals surface area contributed by atoms with Crippen molar-refractivity contribution >= 4 is 10.8 Å². The first kappa shape index (κ1) is 13.8. The molecule has 4 aromatic rings. The summed E-state index contributed by atoms with van der Waals surface area (Å²) in [5.41, 5.74) is 6.48. The predicted octanol–water partition coefficient (Wildman–Crippen LogP) is 6.48. The Kier molecular flexibility index (Phi) is 3.44. The van der Waals surface area contributed by atoms with E-state index in [4.69, 9.17) is 0 Å². The molecule has 0 bridgehead atoms. The maximum Gasteiger partial charge on any atom is -0.0148 e. The Bertz CT molecular complexity index is 965. The molecule has 4 aromatic carbocycles. The summed E-state index contributed by atoms with van der Waals surface area (Å²) < 4.78 is 0. The van der Waals surface area contributed by atoms with Gasteiger partial charge in [-0.25, -0.2) is 0 Å². The van der Waals surface area contributed by atoms with Crippen molar-refractivity contribution in [2.45, 2.75) is 6.92 Å². The summed E-state index contributed by atoms with van der Waals surface area (Å²) in [6.45, 7) is 2.22. The smallest absolute Gasteiger partial charge is 0.0148 e. The Balaban J connectivity index is 1.88. The first-order valence-electron chi connectivity index (χ1n) is 7.97. The van der Waals surface area contributed by atoms with Gasteiger partial charge >= 0.3 is 0 Å². The summed E-state index contributed by atoms with van der Waals surface area (Å²) in [7, 11) is 0. The molecule has 110 valence electrons. The number of hydrogen-bond donors (Lipinski definition) is 0. The van der Waals surface area contributed by atoms with E-state index < -0.39 is 0 Å². The molecule has 4 rings (SSSR count). The van der Waals surface area contributed by atoms with Gasteiger partial charge in [0.15, 0.2) is 0 Å². The average Bonchev–Trinajstić information content (AvgIpc) is 2.62. The largest absolute Gasteiger partial charge is 0.0622 e. The van der Waals surface area contributed by atoms with Crippen molar-refractivity contribution in [3.05, 3.63) is 96.6 Å². The highest BCUT2D eigenvalue weighted by molar-refractivity contribution is 5.89. The van der Waals surface area contributed by atoms with Crippen LogP contribution < -0.4 is 0 Å². The fourth-order valence-electron chi connectivity index (χ4n) is 3.24. The van der Waals surface area contributed by atoms with Crippen molar-refractivity contribution in [1.82, 2.24) is 0 Å². The fourth-order valence-corrected chi connectivity index (χ4v) is 3.24. The van der Waals surface area contributed by atoms with Crippen molar-refractivity contribution in [3.8, 4) is 22.3 Å². The van der Waals surface area contributed by atoms with Gasteiger partial charge in [0.2, 0.25) is 0 Å². The van der Waals surface area contributed by atoms with Crippen molar-refractivity contribution in [2.24, 2.45) is 0 Å². The minimum atomic E-state index is 1.27. The van der Waals surface area contributed by atoms with E-state index in [2.05, 4.69) is 97.9 Å².